The quantitative estimate of drug-likeness (QED) is 0.452. The van der Waals surface area contributed by atoms with E-state index in [0.29, 0.717) is 10.7 Å². The fraction of sp³-hybridized carbons (Fsp3) is 0. The fourth-order valence-electron chi connectivity index (χ4n) is 0.805. The predicted molar refractivity (Wildman–Crippen MR) is 62.2 cm³/mol. The molecule has 0 saturated carbocycles. The van der Waals surface area contributed by atoms with Gasteiger partial charge in [-0.2, -0.15) is 4.99 Å². The van der Waals surface area contributed by atoms with Crippen molar-refractivity contribution in [3.8, 4) is 0 Å². The van der Waals surface area contributed by atoms with Gasteiger partial charge in [0.05, 0.1) is 5.69 Å². The molecule has 8 N–H and O–H groups in total. The van der Waals surface area contributed by atoms with Crippen molar-refractivity contribution in [3.05, 3.63) is 29.3 Å². The molecule has 1 rings (SSSR count). The first-order valence-electron chi connectivity index (χ1n) is 3.77. The Morgan fingerprint density at radius 3 is 2.07 bits per heavy atom. The maximum absolute atomic E-state index is 5.69. The largest absolute Gasteiger partial charge is 0.412 e. The Morgan fingerprint density at radius 2 is 1.60 bits per heavy atom. The lowest BCUT2D eigenvalue weighted by Gasteiger charge is -1.95. The van der Waals surface area contributed by atoms with E-state index in [0.717, 1.165) is 0 Å². The third kappa shape index (κ3) is 4.84. The third-order valence-corrected chi connectivity index (χ3v) is 1.57. The Hall–Kier alpha value is -1.79. The van der Waals surface area contributed by atoms with Gasteiger partial charge in [0.1, 0.15) is 0 Å². The third-order valence-electron chi connectivity index (χ3n) is 1.31. The molecular formula is C8H12ClN5O. The lowest BCUT2D eigenvalue weighted by Crippen LogP contribution is -2.26. The van der Waals surface area contributed by atoms with E-state index < -0.39 is 0 Å². The molecule has 0 saturated heterocycles. The molecule has 0 bridgehead atoms. The molecule has 6 nitrogen and oxygen atoms in total. The number of hydrogen-bond acceptors (Lipinski definition) is 1. The van der Waals surface area contributed by atoms with Gasteiger partial charge in [-0.15, -0.1) is 0 Å². The summed E-state index contributed by atoms with van der Waals surface area (Å²) < 4.78 is 0. The van der Waals surface area contributed by atoms with E-state index >= 15 is 0 Å². The van der Waals surface area contributed by atoms with Crippen molar-refractivity contribution < 1.29 is 5.48 Å². The number of nitrogens with two attached hydrogens (primary N) is 3. The Morgan fingerprint density at radius 1 is 1.07 bits per heavy atom. The van der Waals surface area contributed by atoms with E-state index in [9.17, 15) is 0 Å². The highest BCUT2D eigenvalue weighted by Crippen LogP contribution is 2.15. The van der Waals surface area contributed by atoms with Crippen LogP contribution in [0.4, 0.5) is 5.69 Å². The van der Waals surface area contributed by atoms with Gasteiger partial charge < -0.3 is 22.7 Å². The summed E-state index contributed by atoms with van der Waals surface area (Å²) in [5, 5.41) is 0.629. The molecular weight excluding hydrogens is 218 g/mol. The van der Waals surface area contributed by atoms with Gasteiger partial charge in [-0.25, -0.2) is 4.99 Å². The van der Waals surface area contributed by atoms with Gasteiger partial charge in [0.15, 0.2) is 5.96 Å². The second-order valence-electron chi connectivity index (χ2n) is 2.48. The Kier molecular flexibility index (Phi) is 5.14. The van der Waals surface area contributed by atoms with E-state index in [1.807, 2.05) is 0 Å². The maximum Gasteiger partial charge on any atom is 0.223 e. The van der Waals surface area contributed by atoms with E-state index in [2.05, 4.69) is 9.98 Å². The Labute approximate surface area is 91.8 Å². The molecule has 0 radical (unpaired) electrons. The van der Waals surface area contributed by atoms with Gasteiger partial charge >= 0.3 is 0 Å². The number of halogens is 1. The van der Waals surface area contributed by atoms with Crippen molar-refractivity contribution in [1.82, 2.24) is 0 Å². The minimum atomic E-state index is -0.125. The molecule has 7 heteroatoms. The first-order chi connectivity index (χ1) is 6.58. The zero-order valence-electron chi connectivity index (χ0n) is 7.81. The highest BCUT2D eigenvalue weighted by atomic mass is 35.5. The molecule has 1 aromatic carbocycles. The molecule has 0 aliphatic carbocycles. The molecule has 0 fully saturated rings. The molecule has 0 heterocycles. The topological polar surface area (TPSA) is 134 Å². The van der Waals surface area contributed by atoms with Crippen LogP contribution in [0.2, 0.25) is 5.02 Å². The van der Waals surface area contributed by atoms with Gasteiger partial charge in [0.25, 0.3) is 0 Å². The molecule has 0 unspecified atom stereocenters. The van der Waals surface area contributed by atoms with Crippen molar-refractivity contribution in [2.45, 2.75) is 0 Å². The summed E-state index contributed by atoms with van der Waals surface area (Å²) in [6.45, 7) is 0. The van der Waals surface area contributed by atoms with Crippen LogP contribution in [0.25, 0.3) is 0 Å². The van der Waals surface area contributed by atoms with Gasteiger partial charge in [0.2, 0.25) is 5.96 Å². The van der Waals surface area contributed by atoms with Crippen molar-refractivity contribution in [1.29, 1.82) is 0 Å². The zero-order valence-corrected chi connectivity index (χ0v) is 8.57. The monoisotopic (exact) mass is 229 g/mol. The lowest BCUT2D eigenvalue weighted by molar-refractivity contribution is 0.824. The number of hydrogen-bond donors (Lipinski definition) is 3. The number of aliphatic imine (C=N–C) groups is 2. The van der Waals surface area contributed by atoms with Crippen LogP contribution in [-0.2, 0) is 0 Å². The molecule has 0 amide bonds. The van der Waals surface area contributed by atoms with Gasteiger partial charge in [-0.1, -0.05) is 11.6 Å². The molecule has 15 heavy (non-hydrogen) atoms. The number of rotatable bonds is 1. The normalized spacial score (nSPS) is 10.3. The van der Waals surface area contributed by atoms with Crippen LogP contribution < -0.4 is 17.2 Å². The summed E-state index contributed by atoms with van der Waals surface area (Å²) >= 11 is 5.69. The van der Waals surface area contributed by atoms with Crippen LogP contribution in [0.5, 0.6) is 0 Å². The summed E-state index contributed by atoms with van der Waals surface area (Å²) in [6, 6.07) is 6.81. The lowest BCUT2D eigenvalue weighted by atomic mass is 10.3. The second kappa shape index (κ2) is 5.84. The SMILES string of the molecule is NC(N)=NC(N)=Nc1ccc(Cl)cc1.O. The van der Waals surface area contributed by atoms with Crippen molar-refractivity contribution in [2.24, 2.45) is 27.2 Å². The summed E-state index contributed by atoms with van der Waals surface area (Å²) in [5.41, 5.74) is 16.3. The summed E-state index contributed by atoms with van der Waals surface area (Å²) in [4.78, 5) is 7.49. The number of nitrogens with zero attached hydrogens (tertiary/aromatic N) is 2. The van der Waals surface area contributed by atoms with Crippen molar-refractivity contribution in [3.63, 3.8) is 0 Å². The minimum Gasteiger partial charge on any atom is -0.412 e. The summed E-state index contributed by atoms with van der Waals surface area (Å²) in [7, 11) is 0. The number of benzene rings is 1. The average molecular weight is 230 g/mol. The molecule has 0 atom stereocenters. The maximum atomic E-state index is 5.69. The minimum absolute atomic E-state index is 0. The highest BCUT2D eigenvalue weighted by Gasteiger charge is 1.92. The van der Waals surface area contributed by atoms with Crippen molar-refractivity contribution >= 4 is 29.2 Å². The summed E-state index contributed by atoms with van der Waals surface area (Å²) in [5.74, 6) is -0.118. The van der Waals surface area contributed by atoms with Crippen LogP contribution in [0.15, 0.2) is 34.3 Å². The average Bonchev–Trinajstić information content (AvgIpc) is 2.07. The van der Waals surface area contributed by atoms with Crippen LogP contribution >= 0.6 is 11.6 Å². The predicted octanol–water partition coefficient (Wildman–Crippen LogP) is -0.265. The standard InChI is InChI=1S/C8H10ClN5.H2O/c9-5-1-3-6(4-2-5)13-8(12)14-7(10)11;/h1-4H,(H6,10,11,12,13,14);1H2. The fourth-order valence-corrected chi connectivity index (χ4v) is 0.931. The van der Waals surface area contributed by atoms with Crippen LogP contribution in [0.1, 0.15) is 0 Å². The molecule has 0 aromatic heterocycles. The smallest absolute Gasteiger partial charge is 0.223 e. The van der Waals surface area contributed by atoms with E-state index in [1.165, 1.54) is 0 Å². The molecule has 0 spiro atoms. The Bertz CT molecular complexity index is 369. The van der Waals surface area contributed by atoms with Crippen LogP contribution in [0.3, 0.4) is 0 Å². The highest BCUT2D eigenvalue weighted by molar-refractivity contribution is 6.30. The van der Waals surface area contributed by atoms with Gasteiger partial charge in [0, 0.05) is 5.02 Å². The van der Waals surface area contributed by atoms with Gasteiger partial charge in [-0.05, 0) is 24.3 Å². The van der Waals surface area contributed by atoms with Crippen LogP contribution in [0, 0.1) is 0 Å². The molecule has 1 aromatic rings. The second-order valence-corrected chi connectivity index (χ2v) is 2.92. The van der Waals surface area contributed by atoms with E-state index in [-0.39, 0.29) is 17.4 Å². The van der Waals surface area contributed by atoms with Gasteiger partial charge in [-0.3, -0.25) is 0 Å². The first-order valence-corrected chi connectivity index (χ1v) is 4.15. The molecule has 0 aliphatic heterocycles. The zero-order chi connectivity index (χ0) is 10.6. The van der Waals surface area contributed by atoms with Crippen molar-refractivity contribution in [2.75, 3.05) is 0 Å². The Balaban J connectivity index is 0.00000196. The van der Waals surface area contributed by atoms with E-state index in [4.69, 9.17) is 28.8 Å². The summed E-state index contributed by atoms with van der Waals surface area (Å²) in [6.07, 6.45) is 0. The van der Waals surface area contributed by atoms with E-state index in [1.54, 1.807) is 24.3 Å². The van der Waals surface area contributed by atoms with Crippen LogP contribution in [-0.4, -0.2) is 17.4 Å². The molecule has 82 valence electrons. The number of guanidine groups is 2. The molecule has 0 aliphatic rings. The first kappa shape index (κ1) is 13.2.